The predicted octanol–water partition coefficient (Wildman–Crippen LogP) is 3.50. The zero-order chi connectivity index (χ0) is 18.4. The largest absolute Gasteiger partial charge is 0.497 e. The van der Waals surface area contributed by atoms with E-state index in [9.17, 15) is 8.42 Å². The molecule has 0 amide bonds. The van der Waals surface area contributed by atoms with Crippen LogP contribution in [0.15, 0.2) is 53.6 Å². The van der Waals surface area contributed by atoms with Gasteiger partial charge in [-0.05, 0) is 55.2 Å². The quantitative estimate of drug-likeness (QED) is 0.698. The molecule has 6 heteroatoms. The highest BCUT2D eigenvalue weighted by Crippen LogP contribution is 2.50. The van der Waals surface area contributed by atoms with Gasteiger partial charge in [-0.15, -0.1) is 0 Å². The first-order valence-corrected chi connectivity index (χ1v) is 10.1. The molecule has 0 saturated heterocycles. The number of sulfonamides is 1. The van der Waals surface area contributed by atoms with Crippen LogP contribution in [0.1, 0.15) is 24.0 Å². The number of aromatic nitrogens is 1. The van der Waals surface area contributed by atoms with E-state index in [-0.39, 0.29) is 5.41 Å². The lowest BCUT2D eigenvalue weighted by atomic mass is 9.96. The second-order valence-electron chi connectivity index (χ2n) is 6.98. The van der Waals surface area contributed by atoms with Crippen LogP contribution in [0.3, 0.4) is 0 Å². The maximum Gasteiger partial charge on any atom is 0.240 e. The molecule has 0 atom stereocenters. The Morgan fingerprint density at radius 2 is 1.96 bits per heavy atom. The maximum absolute atomic E-state index is 12.8. The van der Waals surface area contributed by atoms with E-state index < -0.39 is 10.0 Å². The predicted molar refractivity (Wildman–Crippen MR) is 102 cm³/mol. The van der Waals surface area contributed by atoms with Gasteiger partial charge in [0.25, 0.3) is 0 Å². The Morgan fingerprint density at radius 3 is 2.65 bits per heavy atom. The van der Waals surface area contributed by atoms with Crippen LogP contribution in [0.5, 0.6) is 5.75 Å². The summed E-state index contributed by atoms with van der Waals surface area (Å²) in [6.07, 6.45) is 3.99. The molecule has 136 valence electrons. The summed E-state index contributed by atoms with van der Waals surface area (Å²) in [4.78, 5) is 3.59. The van der Waals surface area contributed by atoms with Crippen LogP contribution in [0.4, 0.5) is 0 Å². The Morgan fingerprint density at radius 1 is 1.19 bits per heavy atom. The topological polar surface area (TPSA) is 71.2 Å². The summed E-state index contributed by atoms with van der Waals surface area (Å²) in [7, 11) is -2.00. The van der Waals surface area contributed by atoms with Crippen molar-refractivity contribution in [1.82, 2.24) is 9.71 Å². The molecule has 1 heterocycles. The van der Waals surface area contributed by atoms with Crippen molar-refractivity contribution in [3.63, 3.8) is 0 Å². The van der Waals surface area contributed by atoms with Crippen LogP contribution in [0, 0.1) is 6.92 Å². The standard InChI is InChI=1S/C20H22N2O3S/c1-14-11-15(25-2)7-8-19(14)26(23,24)22-13-20(9-10-20)17-12-21-18-6-4-3-5-16(17)18/h3-8,11-12,21-22H,9-10,13H2,1-2H3. The lowest BCUT2D eigenvalue weighted by Crippen LogP contribution is -2.32. The molecular weight excluding hydrogens is 348 g/mol. The van der Waals surface area contributed by atoms with Crippen molar-refractivity contribution >= 4 is 20.9 Å². The monoisotopic (exact) mass is 370 g/mol. The van der Waals surface area contributed by atoms with Gasteiger partial charge >= 0.3 is 0 Å². The summed E-state index contributed by atoms with van der Waals surface area (Å²) in [5, 5.41) is 1.17. The first kappa shape index (κ1) is 17.1. The molecule has 0 radical (unpaired) electrons. The van der Waals surface area contributed by atoms with Crippen LogP contribution < -0.4 is 9.46 Å². The number of H-pyrrole nitrogens is 1. The molecule has 26 heavy (non-hydrogen) atoms. The van der Waals surface area contributed by atoms with Crippen molar-refractivity contribution in [2.24, 2.45) is 0 Å². The Balaban J connectivity index is 1.58. The normalized spacial score (nSPS) is 15.9. The molecule has 1 aliphatic rings. The fraction of sp³-hybridized carbons (Fsp3) is 0.300. The molecule has 1 saturated carbocycles. The molecule has 0 bridgehead atoms. The minimum atomic E-state index is -3.57. The molecular formula is C20H22N2O3S. The van der Waals surface area contributed by atoms with Crippen molar-refractivity contribution in [2.45, 2.75) is 30.1 Å². The average molecular weight is 370 g/mol. The number of fused-ring (bicyclic) bond motifs is 1. The van der Waals surface area contributed by atoms with Gasteiger partial charge in [-0.3, -0.25) is 0 Å². The van der Waals surface area contributed by atoms with Crippen molar-refractivity contribution < 1.29 is 13.2 Å². The summed E-state index contributed by atoms with van der Waals surface area (Å²) in [6.45, 7) is 2.19. The van der Waals surface area contributed by atoms with Gasteiger partial charge in [0.2, 0.25) is 10.0 Å². The smallest absolute Gasteiger partial charge is 0.240 e. The fourth-order valence-electron chi connectivity index (χ4n) is 3.56. The summed E-state index contributed by atoms with van der Waals surface area (Å²) in [5.74, 6) is 0.652. The van der Waals surface area contributed by atoms with E-state index in [0.717, 1.165) is 18.4 Å². The van der Waals surface area contributed by atoms with E-state index in [1.165, 1.54) is 10.9 Å². The first-order chi connectivity index (χ1) is 12.5. The van der Waals surface area contributed by atoms with Gasteiger partial charge < -0.3 is 9.72 Å². The highest BCUT2D eigenvalue weighted by molar-refractivity contribution is 7.89. The molecule has 0 spiro atoms. The summed E-state index contributed by atoms with van der Waals surface area (Å²) in [5.41, 5.74) is 2.84. The second kappa shape index (κ2) is 6.14. The minimum Gasteiger partial charge on any atom is -0.497 e. The third-order valence-corrected chi connectivity index (χ3v) is 6.85. The van der Waals surface area contributed by atoms with Gasteiger partial charge in [0, 0.05) is 29.1 Å². The molecule has 0 aliphatic heterocycles. The van der Waals surface area contributed by atoms with E-state index >= 15 is 0 Å². The second-order valence-corrected chi connectivity index (χ2v) is 8.72. The zero-order valence-electron chi connectivity index (χ0n) is 14.9. The number of hydrogen-bond donors (Lipinski definition) is 2. The van der Waals surface area contributed by atoms with E-state index in [4.69, 9.17) is 4.74 Å². The van der Waals surface area contributed by atoms with E-state index in [2.05, 4.69) is 15.8 Å². The van der Waals surface area contributed by atoms with Crippen molar-refractivity contribution in [1.29, 1.82) is 0 Å². The molecule has 1 aliphatic carbocycles. The molecule has 2 N–H and O–H groups in total. The van der Waals surface area contributed by atoms with E-state index in [1.54, 1.807) is 32.2 Å². The summed E-state index contributed by atoms with van der Waals surface area (Å²) in [6, 6.07) is 13.2. The zero-order valence-corrected chi connectivity index (χ0v) is 15.7. The molecule has 1 aromatic heterocycles. The molecule has 2 aromatic carbocycles. The molecule has 5 nitrogen and oxygen atoms in total. The number of para-hydroxylation sites is 1. The van der Waals surface area contributed by atoms with Crippen molar-refractivity contribution in [2.75, 3.05) is 13.7 Å². The van der Waals surface area contributed by atoms with E-state index in [0.29, 0.717) is 22.8 Å². The molecule has 0 unspecified atom stereocenters. The lowest BCUT2D eigenvalue weighted by Gasteiger charge is -2.17. The summed E-state index contributed by atoms with van der Waals surface area (Å²) < 4.78 is 33.6. The van der Waals surface area contributed by atoms with Gasteiger partial charge in [0.1, 0.15) is 5.75 Å². The minimum absolute atomic E-state index is 0.118. The molecule has 4 rings (SSSR count). The van der Waals surface area contributed by atoms with Gasteiger partial charge in [-0.2, -0.15) is 0 Å². The Labute approximate surface area is 153 Å². The molecule has 3 aromatic rings. The highest BCUT2D eigenvalue weighted by atomic mass is 32.2. The van der Waals surface area contributed by atoms with Gasteiger partial charge in [0.05, 0.1) is 12.0 Å². The van der Waals surface area contributed by atoms with Crippen LogP contribution in [-0.2, 0) is 15.4 Å². The SMILES string of the molecule is COc1ccc(S(=O)(=O)NCC2(c3c[nH]c4ccccc34)CC2)c(C)c1. The number of rotatable bonds is 6. The summed E-state index contributed by atoms with van der Waals surface area (Å²) >= 11 is 0. The van der Waals surface area contributed by atoms with Crippen LogP contribution in [0.2, 0.25) is 0 Å². The number of aromatic amines is 1. The third kappa shape index (κ3) is 2.89. The Kier molecular flexibility index (Phi) is 4.04. The van der Waals surface area contributed by atoms with Crippen LogP contribution in [0.25, 0.3) is 10.9 Å². The Bertz CT molecular complexity index is 1070. The Hall–Kier alpha value is -2.31. The number of aryl methyl sites for hydroxylation is 1. The van der Waals surface area contributed by atoms with Gasteiger partial charge in [0.15, 0.2) is 0 Å². The fourth-order valence-corrected chi connectivity index (χ4v) is 4.92. The number of ether oxygens (including phenoxy) is 1. The molecule has 1 fully saturated rings. The number of methoxy groups -OCH3 is 1. The van der Waals surface area contributed by atoms with E-state index in [1.807, 2.05) is 24.4 Å². The number of hydrogen-bond acceptors (Lipinski definition) is 3. The highest BCUT2D eigenvalue weighted by Gasteiger charge is 2.46. The first-order valence-electron chi connectivity index (χ1n) is 8.66. The lowest BCUT2D eigenvalue weighted by molar-refractivity contribution is 0.414. The van der Waals surface area contributed by atoms with Crippen LogP contribution in [-0.4, -0.2) is 27.1 Å². The van der Waals surface area contributed by atoms with Crippen molar-refractivity contribution in [3.8, 4) is 5.75 Å². The number of nitrogens with one attached hydrogen (secondary N) is 2. The average Bonchev–Trinajstić information content (AvgIpc) is 3.30. The van der Waals surface area contributed by atoms with Crippen molar-refractivity contribution in [3.05, 3.63) is 59.8 Å². The van der Waals surface area contributed by atoms with Crippen LogP contribution >= 0.6 is 0 Å². The number of benzene rings is 2. The third-order valence-electron chi connectivity index (χ3n) is 5.29. The van der Waals surface area contributed by atoms with Gasteiger partial charge in [-0.1, -0.05) is 18.2 Å². The van der Waals surface area contributed by atoms with Gasteiger partial charge in [-0.25, -0.2) is 13.1 Å². The maximum atomic E-state index is 12.8.